The molecule has 2 heterocycles. The first-order valence-corrected chi connectivity index (χ1v) is 7.48. The lowest BCUT2D eigenvalue weighted by molar-refractivity contribution is 0.0954. The third-order valence-electron chi connectivity index (χ3n) is 3.18. The molecule has 0 saturated carbocycles. The fourth-order valence-electron chi connectivity index (χ4n) is 1.96. The molecular weight excluding hydrogens is 274 g/mol. The summed E-state index contributed by atoms with van der Waals surface area (Å²) in [4.78, 5) is 23.9. The summed E-state index contributed by atoms with van der Waals surface area (Å²) in [5.74, 6) is -0.153. The van der Waals surface area contributed by atoms with Crippen molar-refractivity contribution in [2.45, 2.75) is 13.8 Å². The van der Waals surface area contributed by atoms with E-state index in [1.54, 1.807) is 12.4 Å². The zero-order valence-corrected chi connectivity index (χ0v) is 12.5. The van der Waals surface area contributed by atoms with Crippen molar-refractivity contribution in [3.63, 3.8) is 0 Å². The van der Waals surface area contributed by atoms with Crippen LogP contribution in [0, 0.1) is 0 Å². The molecular formula is C13H19N5OS. The van der Waals surface area contributed by atoms with Crippen molar-refractivity contribution in [3.05, 3.63) is 17.3 Å². The Morgan fingerprint density at radius 3 is 2.70 bits per heavy atom. The SMILES string of the molecule is CCN(CC)CCNC(=O)c1sc2nccnc2c1N. The van der Waals surface area contributed by atoms with E-state index in [4.69, 9.17) is 5.73 Å². The largest absolute Gasteiger partial charge is 0.396 e. The molecule has 2 aromatic rings. The van der Waals surface area contributed by atoms with Crippen LogP contribution in [0.15, 0.2) is 12.4 Å². The second-order valence-corrected chi connectivity index (χ2v) is 5.34. The van der Waals surface area contributed by atoms with Crippen LogP contribution in [0.5, 0.6) is 0 Å². The van der Waals surface area contributed by atoms with Gasteiger partial charge in [-0.3, -0.25) is 4.79 Å². The molecule has 7 heteroatoms. The number of thiophene rings is 1. The summed E-state index contributed by atoms with van der Waals surface area (Å²) < 4.78 is 0. The maximum Gasteiger partial charge on any atom is 0.263 e. The number of hydrogen-bond donors (Lipinski definition) is 2. The van der Waals surface area contributed by atoms with Crippen molar-refractivity contribution in [1.82, 2.24) is 20.2 Å². The van der Waals surface area contributed by atoms with Crippen LogP contribution >= 0.6 is 11.3 Å². The molecule has 0 aromatic carbocycles. The number of nitrogens with zero attached hydrogens (tertiary/aromatic N) is 3. The van der Waals surface area contributed by atoms with Gasteiger partial charge in [0.1, 0.15) is 15.2 Å². The lowest BCUT2D eigenvalue weighted by atomic mass is 10.3. The fraction of sp³-hybridized carbons (Fsp3) is 0.462. The number of fused-ring (bicyclic) bond motifs is 1. The maximum atomic E-state index is 12.1. The fourth-order valence-corrected chi connectivity index (χ4v) is 2.90. The summed E-state index contributed by atoms with van der Waals surface area (Å²) >= 11 is 1.28. The highest BCUT2D eigenvalue weighted by atomic mass is 32.1. The normalized spacial score (nSPS) is 11.2. The highest BCUT2D eigenvalue weighted by Crippen LogP contribution is 2.30. The Hall–Kier alpha value is -1.73. The number of amides is 1. The summed E-state index contributed by atoms with van der Waals surface area (Å²) in [7, 11) is 0. The summed E-state index contributed by atoms with van der Waals surface area (Å²) in [5.41, 5.74) is 6.98. The average Bonchev–Trinajstić information content (AvgIpc) is 2.81. The van der Waals surface area contributed by atoms with Crippen LogP contribution in [0.1, 0.15) is 23.5 Å². The van der Waals surface area contributed by atoms with Crippen molar-refractivity contribution in [2.75, 3.05) is 31.9 Å². The van der Waals surface area contributed by atoms with Gasteiger partial charge in [0.2, 0.25) is 0 Å². The van der Waals surface area contributed by atoms with Crippen LogP contribution in [0.3, 0.4) is 0 Å². The molecule has 0 aliphatic carbocycles. The van der Waals surface area contributed by atoms with Gasteiger partial charge in [-0.05, 0) is 13.1 Å². The van der Waals surface area contributed by atoms with Crippen molar-refractivity contribution < 1.29 is 4.79 Å². The van der Waals surface area contributed by atoms with Gasteiger partial charge < -0.3 is 16.0 Å². The van der Waals surface area contributed by atoms with E-state index in [0.29, 0.717) is 27.5 Å². The van der Waals surface area contributed by atoms with Gasteiger partial charge in [-0.2, -0.15) is 0 Å². The number of nitrogens with two attached hydrogens (primary N) is 1. The third-order valence-corrected chi connectivity index (χ3v) is 4.28. The topological polar surface area (TPSA) is 84.1 Å². The Labute approximate surface area is 122 Å². The van der Waals surface area contributed by atoms with Crippen LogP contribution in [0.25, 0.3) is 10.3 Å². The quantitative estimate of drug-likeness (QED) is 0.840. The first kappa shape index (κ1) is 14.7. The van der Waals surface area contributed by atoms with E-state index in [-0.39, 0.29) is 5.91 Å². The number of nitrogen functional groups attached to an aromatic ring is 1. The Kier molecular flexibility index (Phi) is 4.86. The second kappa shape index (κ2) is 6.62. The van der Waals surface area contributed by atoms with Gasteiger partial charge in [0.15, 0.2) is 0 Å². The van der Waals surface area contributed by atoms with Gasteiger partial charge in [0.05, 0.1) is 5.69 Å². The predicted octanol–water partition coefficient (Wildman–Crippen LogP) is 1.35. The molecule has 0 saturated heterocycles. The van der Waals surface area contributed by atoms with E-state index in [1.165, 1.54) is 11.3 Å². The van der Waals surface area contributed by atoms with E-state index in [2.05, 4.69) is 34.0 Å². The molecule has 0 bridgehead atoms. The highest BCUT2D eigenvalue weighted by Gasteiger charge is 2.17. The molecule has 0 aliphatic rings. The van der Waals surface area contributed by atoms with E-state index in [1.807, 2.05) is 0 Å². The molecule has 20 heavy (non-hydrogen) atoms. The minimum absolute atomic E-state index is 0.153. The zero-order chi connectivity index (χ0) is 14.5. The molecule has 0 aliphatic heterocycles. The predicted molar refractivity (Wildman–Crippen MR) is 81.9 cm³/mol. The monoisotopic (exact) mass is 293 g/mol. The standard InChI is InChI=1S/C13H19N5OS/c1-3-18(4-2)8-7-16-12(19)11-9(14)10-13(20-11)17-6-5-15-10/h5-6H,3-4,7-8,14H2,1-2H3,(H,16,19). The van der Waals surface area contributed by atoms with Crippen LogP contribution in [0.4, 0.5) is 5.69 Å². The highest BCUT2D eigenvalue weighted by molar-refractivity contribution is 7.21. The molecule has 3 N–H and O–H groups in total. The number of carbonyl (C=O) groups is 1. The maximum absolute atomic E-state index is 12.1. The number of anilines is 1. The molecule has 0 atom stereocenters. The summed E-state index contributed by atoms with van der Waals surface area (Å²) in [5, 5.41) is 2.89. The van der Waals surface area contributed by atoms with Gasteiger partial charge in [-0.15, -0.1) is 11.3 Å². The van der Waals surface area contributed by atoms with Gasteiger partial charge in [-0.1, -0.05) is 13.8 Å². The molecule has 0 fully saturated rings. The Morgan fingerprint density at radius 1 is 1.35 bits per heavy atom. The van der Waals surface area contributed by atoms with Crippen molar-refractivity contribution in [2.24, 2.45) is 0 Å². The van der Waals surface area contributed by atoms with Gasteiger partial charge in [0.25, 0.3) is 5.91 Å². The van der Waals surface area contributed by atoms with Crippen LogP contribution < -0.4 is 11.1 Å². The summed E-state index contributed by atoms with van der Waals surface area (Å²) in [6.45, 7) is 7.60. The number of rotatable bonds is 6. The van der Waals surface area contributed by atoms with Crippen LogP contribution in [0.2, 0.25) is 0 Å². The molecule has 1 amide bonds. The third kappa shape index (κ3) is 3.05. The van der Waals surface area contributed by atoms with E-state index < -0.39 is 0 Å². The number of hydrogen-bond acceptors (Lipinski definition) is 6. The van der Waals surface area contributed by atoms with E-state index in [9.17, 15) is 4.79 Å². The molecule has 6 nitrogen and oxygen atoms in total. The number of aromatic nitrogens is 2. The molecule has 0 spiro atoms. The lowest BCUT2D eigenvalue weighted by Crippen LogP contribution is -2.34. The lowest BCUT2D eigenvalue weighted by Gasteiger charge is -2.17. The first-order valence-electron chi connectivity index (χ1n) is 6.66. The number of likely N-dealkylation sites (N-methyl/N-ethyl adjacent to an activating group) is 1. The van der Waals surface area contributed by atoms with E-state index in [0.717, 1.165) is 19.6 Å². The molecule has 108 valence electrons. The van der Waals surface area contributed by atoms with Crippen molar-refractivity contribution in [1.29, 1.82) is 0 Å². The van der Waals surface area contributed by atoms with Gasteiger partial charge in [0, 0.05) is 25.5 Å². The zero-order valence-electron chi connectivity index (χ0n) is 11.7. The van der Waals surface area contributed by atoms with Crippen molar-refractivity contribution in [3.8, 4) is 0 Å². The molecule has 2 aromatic heterocycles. The van der Waals surface area contributed by atoms with Crippen LogP contribution in [-0.2, 0) is 0 Å². The molecule has 0 unspecified atom stereocenters. The van der Waals surface area contributed by atoms with Gasteiger partial charge in [-0.25, -0.2) is 9.97 Å². The number of carbonyl (C=O) groups excluding carboxylic acids is 1. The summed E-state index contributed by atoms with van der Waals surface area (Å²) in [6.07, 6.45) is 3.17. The first-order chi connectivity index (χ1) is 9.67. The Morgan fingerprint density at radius 2 is 2.05 bits per heavy atom. The Bertz CT molecular complexity index is 593. The minimum Gasteiger partial charge on any atom is -0.396 e. The smallest absolute Gasteiger partial charge is 0.263 e. The van der Waals surface area contributed by atoms with E-state index >= 15 is 0 Å². The second-order valence-electron chi connectivity index (χ2n) is 4.34. The van der Waals surface area contributed by atoms with Gasteiger partial charge >= 0.3 is 0 Å². The summed E-state index contributed by atoms with van der Waals surface area (Å²) in [6, 6.07) is 0. The Balaban J connectivity index is 2.03. The minimum atomic E-state index is -0.153. The molecule has 0 radical (unpaired) electrons. The molecule has 2 rings (SSSR count). The van der Waals surface area contributed by atoms with Crippen molar-refractivity contribution >= 4 is 33.3 Å². The van der Waals surface area contributed by atoms with Crippen LogP contribution in [-0.4, -0.2) is 47.0 Å². The average molecular weight is 293 g/mol. The number of nitrogens with one attached hydrogen (secondary N) is 1.